The first kappa shape index (κ1) is 15.2. The van der Waals surface area contributed by atoms with E-state index in [9.17, 15) is 9.59 Å². The molecule has 0 saturated heterocycles. The van der Waals surface area contributed by atoms with Crippen molar-refractivity contribution in [2.45, 2.75) is 26.7 Å². The smallest absolute Gasteiger partial charge is 0.252 e. The first-order valence-electron chi connectivity index (χ1n) is 6.56. The van der Waals surface area contributed by atoms with Gasteiger partial charge in [-0.05, 0) is 13.3 Å². The van der Waals surface area contributed by atoms with E-state index < -0.39 is 0 Å². The zero-order valence-electron chi connectivity index (χ0n) is 11.8. The molecule has 0 aliphatic carbocycles. The lowest BCUT2D eigenvalue weighted by Gasteiger charge is -2.08. The number of carbonyl (C=O) groups excluding carboxylic acids is 1. The van der Waals surface area contributed by atoms with E-state index in [2.05, 4.69) is 20.4 Å². The number of hydrogen-bond donors (Lipinski definition) is 2. The summed E-state index contributed by atoms with van der Waals surface area (Å²) in [5, 5.41) is 6.95. The highest BCUT2D eigenvalue weighted by Crippen LogP contribution is 2.14. The van der Waals surface area contributed by atoms with Gasteiger partial charge < -0.3 is 5.32 Å². The van der Waals surface area contributed by atoms with E-state index in [1.807, 2.05) is 6.92 Å². The van der Waals surface area contributed by atoms with Gasteiger partial charge in [0.15, 0.2) is 0 Å². The van der Waals surface area contributed by atoms with Gasteiger partial charge in [-0.25, -0.2) is 4.98 Å². The summed E-state index contributed by atoms with van der Waals surface area (Å²) in [4.78, 5) is 30.2. The molecule has 112 valence electrons. The number of H-pyrrole nitrogens is 1. The number of nitrogens with one attached hydrogen (secondary N) is 2. The van der Waals surface area contributed by atoms with E-state index in [1.165, 1.54) is 10.7 Å². The molecule has 8 heteroatoms. The Hall–Kier alpha value is -2.15. The molecule has 0 radical (unpaired) electrons. The molecule has 0 spiro atoms. The molecule has 0 unspecified atom stereocenters. The molecule has 2 N–H and O–H groups in total. The van der Waals surface area contributed by atoms with Crippen molar-refractivity contribution in [3.63, 3.8) is 0 Å². The van der Waals surface area contributed by atoms with E-state index >= 15 is 0 Å². The molecule has 0 aliphatic heterocycles. The average Bonchev–Trinajstić information content (AvgIpc) is 2.79. The highest BCUT2D eigenvalue weighted by molar-refractivity contribution is 6.19. The van der Waals surface area contributed by atoms with Crippen molar-refractivity contribution in [1.29, 1.82) is 0 Å². The van der Waals surface area contributed by atoms with Crippen LogP contribution in [0.4, 0.5) is 5.82 Å². The Morgan fingerprint density at radius 3 is 2.90 bits per heavy atom. The zero-order valence-corrected chi connectivity index (χ0v) is 12.6. The fourth-order valence-corrected chi connectivity index (χ4v) is 1.99. The number of carbonyl (C=O) groups is 1. The molecule has 0 aliphatic rings. The monoisotopic (exact) mass is 309 g/mol. The van der Waals surface area contributed by atoms with Gasteiger partial charge in [-0.15, -0.1) is 11.6 Å². The summed E-state index contributed by atoms with van der Waals surface area (Å²) in [7, 11) is 0. The minimum absolute atomic E-state index is 0.199. The minimum Gasteiger partial charge on any atom is -0.310 e. The Kier molecular flexibility index (Phi) is 4.74. The van der Waals surface area contributed by atoms with Gasteiger partial charge in [-0.2, -0.15) is 9.78 Å². The van der Waals surface area contributed by atoms with E-state index in [0.717, 1.165) is 0 Å². The number of halogens is 1. The molecular weight excluding hydrogens is 294 g/mol. The van der Waals surface area contributed by atoms with Crippen LogP contribution in [-0.2, 0) is 11.2 Å². The fraction of sp³-hybridized carbons (Fsp3) is 0.385. The van der Waals surface area contributed by atoms with Crippen LogP contribution < -0.4 is 10.9 Å². The molecule has 0 bridgehead atoms. The molecule has 2 heterocycles. The number of aromatic nitrogens is 4. The summed E-state index contributed by atoms with van der Waals surface area (Å²) in [6, 6.07) is 3.14. The highest BCUT2D eigenvalue weighted by Gasteiger charge is 2.13. The van der Waals surface area contributed by atoms with Crippen LogP contribution in [0.15, 0.2) is 16.9 Å². The lowest BCUT2D eigenvalue weighted by molar-refractivity contribution is -0.115. The van der Waals surface area contributed by atoms with E-state index in [0.29, 0.717) is 23.6 Å². The van der Waals surface area contributed by atoms with Crippen LogP contribution in [0.1, 0.15) is 24.7 Å². The lowest BCUT2D eigenvalue weighted by atomic mass is 10.3. The van der Waals surface area contributed by atoms with Crippen LogP contribution in [0, 0.1) is 6.92 Å². The Bertz CT molecular complexity index is 707. The maximum absolute atomic E-state index is 11.7. The molecular formula is C13H16ClN5O2. The van der Waals surface area contributed by atoms with Gasteiger partial charge in [0.05, 0.1) is 5.69 Å². The van der Waals surface area contributed by atoms with Crippen molar-refractivity contribution in [1.82, 2.24) is 19.7 Å². The summed E-state index contributed by atoms with van der Waals surface area (Å²) in [5.74, 6) is 0.729. The number of amides is 1. The fourth-order valence-electron chi connectivity index (χ4n) is 1.82. The van der Waals surface area contributed by atoms with Crippen molar-refractivity contribution in [3.8, 4) is 5.95 Å². The second kappa shape index (κ2) is 6.53. The molecule has 1 amide bonds. The van der Waals surface area contributed by atoms with Gasteiger partial charge in [0.25, 0.3) is 5.56 Å². The van der Waals surface area contributed by atoms with E-state index in [4.69, 9.17) is 11.6 Å². The third-order valence-corrected chi connectivity index (χ3v) is 2.95. The minimum atomic E-state index is -0.261. The quantitative estimate of drug-likeness (QED) is 0.816. The normalized spacial score (nSPS) is 10.6. The van der Waals surface area contributed by atoms with E-state index in [-0.39, 0.29) is 29.7 Å². The largest absolute Gasteiger partial charge is 0.310 e. The number of rotatable bonds is 5. The van der Waals surface area contributed by atoms with Gasteiger partial charge in [0.1, 0.15) is 5.82 Å². The molecule has 0 atom stereocenters. The third kappa shape index (κ3) is 3.69. The van der Waals surface area contributed by atoms with Crippen LogP contribution in [0.25, 0.3) is 5.95 Å². The summed E-state index contributed by atoms with van der Waals surface area (Å²) in [6.45, 7) is 3.69. The molecule has 0 aromatic carbocycles. The molecule has 21 heavy (non-hydrogen) atoms. The Morgan fingerprint density at radius 2 is 2.24 bits per heavy atom. The Labute approximate surface area is 126 Å². The van der Waals surface area contributed by atoms with Crippen LogP contribution in [0.5, 0.6) is 0 Å². The van der Waals surface area contributed by atoms with Crippen LogP contribution in [0.3, 0.4) is 0 Å². The van der Waals surface area contributed by atoms with Crippen molar-refractivity contribution >= 4 is 23.3 Å². The standard InChI is InChI=1S/C13H16ClN5O2/c1-3-9-7-12(21)17-13(15-9)19-10(6-8(2)18-19)16-11(20)4-5-14/h6-7H,3-5H2,1-2H3,(H,16,20)(H,15,17,21). The van der Waals surface area contributed by atoms with Gasteiger partial charge in [-0.3, -0.25) is 14.6 Å². The molecule has 7 nitrogen and oxygen atoms in total. The number of aromatic amines is 1. The summed E-state index contributed by atoms with van der Waals surface area (Å²) in [6.07, 6.45) is 0.829. The SMILES string of the molecule is CCc1cc(=O)[nH]c(-n2nc(C)cc2NC(=O)CCCl)n1. The second-order valence-electron chi connectivity index (χ2n) is 4.48. The molecule has 0 fully saturated rings. The molecule has 2 aromatic rings. The predicted molar refractivity (Wildman–Crippen MR) is 80.1 cm³/mol. The lowest BCUT2D eigenvalue weighted by Crippen LogP contribution is -2.19. The maximum atomic E-state index is 11.7. The van der Waals surface area contributed by atoms with Crippen molar-refractivity contribution < 1.29 is 4.79 Å². The second-order valence-corrected chi connectivity index (χ2v) is 4.86. The van der Waals surface area contributed by atoms with Crippen molar-refractivity contribution in [2.24, 2.45) is 0 Å². The molecule has 2 aromatic heterocycles. The van der Waals surface area contributed by atoms with Gasteiger partial charge in [0.2, 0.25) is 11.9 Å². The van der Waals surface area contributed by atoms with Crippen molar-refractivity contribution in [3.05, 3.63) is 33.9 Å². The van der Waals surface area contributed by atoms with Crippen molar-refractivity contribution in [2.75, 3.05) is 11.2 Å². The number of anilines is 1. The van der Waals surface area contributed by atoms with Crippen LogP contribution >= 0.6 is 11.6 Å². The maximum Gasteiger partial charge on any atom is 0.252 e. The number of aryl methyl sites for hydroxylation is 2. The average molecular weight is 310 g/mol. The number of hydrogen-bond acceptors (Lipinski definition) is 4. The summed E-state index contributed by atoms with van der Waals surface area (Å²) >= 11 is 5.54. The van der Waals surface area contributed by atoms with Gasteiger partial charge in [-0.1, -0.05) is 6.92 Å². The third-order valence-electron chi connectivity index (χ3n) is 2.77. The highest BCUT2D eigenvalue weighted by atomic mass is 35.5. The molecule has 0 saturated carbocycles. The number of alkyl halides is 1. The first-order chi connectivity index (χ1) is 10.0. The van der Waals surface area contributed by atoms with Gasteiger partial charge in [0, 0.05) is 30.1 Å². The van der Waals surface area contributed by atoms with Gasteiger partial charge >= 0.3 is 0 Å². The Morgan fingerprint density at radius 1 is 1.48 bits per heavy atom. The van der Waals surface area contributed by atoms with E-state index in [1.54, 1.807) is 13.0 Å². The Balaban J connectivity index is 2.42. The predicted octanol–water partition coefficient (Wildman–Crippen LogP) is 1.39. The van der Waals surface area contributed by atoms with Crippen LogP contribution in [-0.4, -0.2) is 31.5 Å². The molecule has 2 rings (SSSR count). The summed E-state index contributed by atoms with van der Waals surface area (Å²) in [5.41, 5.74) is 1.09. The topological polar surface area (TPSA) is 92.7 Å². The first-order valence-corrected chi connectivity index (χ1v) is 7.10. The zero-order chi connectivity index (χ0) is 15.4. The number of nitrogens with zero attached hydrogens (tertiary/aromatic N) is 3. The van der Waals surface area contributed by atoms with Crippen LogP contribution in [0.2, 0.25) is 0 Å². The summed E-state index contributed by atoms with van der Waals surface area (Å²) < 4.78 is 1.40.